The molecule has 4 saturated heterocycles. The molecular weight excluding hydrogens is 128 g/mol. The van der Waals surface area contributed by atoms with E-state index in [0.29, 0.717) is 6.04 Å². The van der Waals surface area contributed by atoms with Gasteiger partial charge >= 0.3 is 0 Å². The molecule has 4 bridgehead atoms. The van der Waals surface area contributed by atoms with E-state index in [0.717, 1.165) is 19.0 Å². The monoisotopic (exact) mass is 139 g/mol. The van der Waals surface area contributed by atoms with Gasteiger partial charge in [-0.15, -0.1) is 5.12 Å². The molecule has 0 aromatic carbocycles. The van der Waals surface area contributed by atoms with Crippen LogP contribution in [0.15, 0.2) is 0 Å². The molecule has 0 aliphatic carbocycles. The van der Waals surface area contributed by atoms with Crippen molar-refractivity contribution in [2.24, 2.45) is 5.92 Å². The second-order valence-electron chi connectivity index (χ2n) is 3.47. The molecule has 0 aromatic rings. The van der Waals surface area contributed by atoms with Gasteiger partial charge in [0.2, 0.25) is 0 Å². The molecule has 1 radical (unpaired) electrons. The average Bonchev–Trinajstić information content (AvgIpc) is 1.82. The molecule has 4 heteroatoms. The van der Waals surface area contributed by atoms with Crippen molar-refractivity contribution in [3.05, 3.63) is 0 Å². The van der Waals surface area contributed by atoms with Crippen LogP contribution in [0, 0.1) is 5.92 Å². The van der Waals surface area contributed by atoms with Crippen molar-refractivity contribution < 1.29 is 0 Å². The summed E-state index contributed by atoms with van der Waals surface area (Å²) < 4.78 is 0. The normalized spacial score (nSPS) is 57.6. The van der Waals surface area contributed by atoms with Crippen molar-refractivity contribution >= 4 is 0 Å². The summed E-state index contributed by atoms with van der Waals surface area (Å²) in [5, 5.41) is 4.17. The van der Waals surface area contributed by atoms with Crippen molar-refractivity contribution in [1.82, 2.24) is 21.1 Å². The lowest BCUT2D eigenvalue weighted by Crippen LogP contribution is -2.73. The Hall–Kier alpha value is -0.160. The molecule has 4 rings (SSSR count). The van der Waals surface area contributed by atoms with E-state index in [1.807, 2.05) is 5.12 Å². The molecule has 0 aromatic heterocycles. The summed E-state index contributed by atoms with van der Waals surface area (Å²) in [5.74, 6) is 0.873. The van der Waals surface area contributed by atoms with E-state index < -0.39 is 0 Å². The van der Waals surface area contributed by atoms with Gasteiger partial charge in [-0.25, -0.2) is 10.4 Å². The molecule has 4 aliphatic heterocycles. The summed E-state index contributed by atoms with van der Waals surface area (Å²) in [7, 11) is 0. The third-order valence-electron chi connectivity index (χ3n) is 2.52. The van der Waals surface area contributed by atoms with Crippen LogP contribution >= 0.6 is 0 Å². The largest absolute Gasteiger partial charge is 0.234 e. The van der Waals surface area contributed by atoms with E-state index in [9.17, 15) is 0 Å². The third kappa shape index (κ3) is 0.645. The second kappa shape index (κ2) is 1.71. The van der Waals surface area contributed by atoms with Gasteiger partial charge in [-0.2, -0.15) is 0 Å². The third-order valence-corrected chi connectivity index (χ3v) is 2.52. The Morgan fingerprint density at radius 2 is 2.30 bits per heavy atom. The molecule has 4 nitrogen and oxygen atoms in total. The number of nitrogens with zero attached hydrogens (tertiary/aromatic N) is 3. The number of rotatable bonds is 0. The zero-order valence-electron chi connectivity index (χ0n) is 5.82. The van der Waals surface area contributed by atoms with Crippen molar-refractivity contribution in [2.75, 3.05) is 19.6 Å². The highest BCUT2D eigenvalue weighted by Crippen LogP contribution is 2.25. The molecule has 4 atom stereocenters. The maximum Gasteiger partial charge on any atom is 0.0375 e. The van der Waals surface area contributed by atoms with Gasteiger partial charge in [0.25, 0.3) is 0 Å². The van der Waals surface area contributed by atoms with Gasteiger partial charge in [-0.3, -0.25) is 0 Å². The Bertz CT molecular complexity index is 101. The fourth-order valence-electron chi connectivity index (χ4n) is 2.20. The number of hydrazine groups is 1. The Kier molecular flexibility index (Phi) is 0.936. The molecule has 4 unspecified atom stereocenters. The van der Waals surface area contributed by atoms with Crippen LogP contribution in [0.4, 0.5) is 0 Å². The average molecular weight is 139 g/mol. The molecule has 10 heavy (non-hydrogen) atoms. The van der Waals surface area contributed by atoms with Gasteiger partial charge in [-0.05, 0) is 12.3 Å². The fraction of sp³-hybridized carbons (Fsp3) is 1.00. The van der Waals surface area contributed by atoms with Gasteiger partial charge in [0.15, 0.2) is 0 Å². The Balaban J connectivity index is 1.90. The lowest BCUT2D eigenvalue weighted by atomic mass is 9.93. The second-order valence-corrected chi connectivity index (χ2v) is 3.47. The smallest absolute Gasteiger partial charge is 0.0375 e. The number of hydrogen-bond donors (Lipinski definition) is 1. The van der Waals surface area contributed by atoms with Crippen LogP contribution in [0.1, 0.15) is 6.42 Å². The van der Waals surface area contributed by atoms with Crippen molar-refractivity contribution in [3.63, 3.8) is 0 Å². The van der Waals surface area contributed by atoms with E-state index in [1.165, 1.54) is 13.0 Å². The summed E-state index contributed by atoms with van der Waals surface area (Å²) in [6.07, 6.45) is 1.35. The van der Waals surface area contributed by atoms with Crippen LogP contribution in [-0.2, 0) is 0 Å². The minimum atomic E-state index is 0.685. The first-order chi connectivity index (χ1) is 4.90. The first-order valence-electron chi connectivity index (χ1n) is 3.90. The molecule has 4 fully saturated rings. The van der Waals surface area contributed by atoms with Gasteiger partial charge in [-0.1, -0.05) is 5.53 Å². The van der Waals surface area contributed by atoms with Crippen LogP contribution in [0.2, 0.25) is 0 Å². The zero-order valence-corrected chi connectivity index (χ0v) is 5.82. The van der Waals surface area contributed by atoms with E-state index in [2.05, 4.69) is 16.0 Å². The highest BCUT2D eigenvalue weighted by molar-refractivity contribution is 4.88. The SMILES string of the molecule is C1C2CN3CC1NN(C2)[N]3. The van der Waals surface area contributed by atoms with E-state index >= 15 is 0 Å². The summed E-state index contributed by atoms with van der Waals surface area (Å²) >= 11 is 0. The highest BCUT2D eigenvalue weighted by atomic mass is 15.9. The first-order valence-corrected chi connectivity index (χ1v) is 3.90. The fourth-order valence-corrected chi connectivity index (χ4v) is 2.20. The summed E-state index contributed by atoms with van der Waals surface area (Å²) in [5.41, 5.74) is 7.66. The van der Waals surface area contributed by atoms with Crippen LogP contribution in [0.25, 0.3) is 0 Å². The van der Waals surface area contributed by atoms with Crippen molar-refractivity contribution in [2.45, 2.75) is 12.5 Å². The molecule has 4 heterocycles. The lowest BCUT2D eigenvalue weighted by Gasteiger charge is -2.51. The minimum absolute atomic E-state index is 0.685. The van der Waals surface area contributed by atoms with Crippen LogP contribution in [0.3, 0.4) is 0 Å². The molecule has 0 amide bonds. The summed E-state index contributed by atoms with van der Waals surface area (Å²) in [6.45, 7) is 3.43. The molecule has 55 valence electrons. The van der Waals surface area contributed by atoms with Crippen LogP contribution in [0.5, 0.6) is 0 Å². The van der Waals surface area contributed by atoms with Crippen LogP contribution < -0.4 is 11.0 Å². The zero-order chi connectivity index (χ0) is 6.55. The Morgan fingerprint density at radius 1 is 1.30 bits per heavy atom. The molecule has 0 saturated carbocycles. The Labute approximate surface area is 60.1 Å². The van der Waals surface area contributed by atoms with E-state index in [-0.39, 0.29) is 0 Å². The lowest BCUT2D eigenvalue weighted by molar-refractivity contribution is -0.170. The molecule has 4 aliphatic rings. The van der Waals surface area contributed by atoms with E-state index in [4.69, 9.17) is 0 Å². The number of piperidine rings is 1. The Morgan fingerprint density at radius 3 is 3.00 bits per heavy atom. The van der Waals surface area contributed by atoms with E-state index in [1.54, 1.807) is 0 Å². The summed E-state index contributed by atoms with van der Waals surface area (Å²) in [6, 6.07) is 0.685. The van der Waals surface area contributed by atoms with Gasteiger partial charge in [0, 0.05) is 25.7 Å². The predicted octanol–water partition coefficient (Wildman–Crippen LogP) is -1.05. The molecule has 1 N–H and O–H groups in total. The topological polar surface area (TPSA) is 32.6 Å². The number of hydrogen-bond acceptors (Lipinski definition) is 3. The maximum atomic E-state index is 4.32. The van der Waals surface area contributed by atoms with Gasteiger partial charge in [0.1, 0.15) is 0 Å². The first kappa shape index (κ1) is 5.49. The molecule has 0 spiro atoms. The quantitative estimate of drug-likeness (QED) is 0.464. The predicted molar refractivity (Wildman–Crippen MR) is 35.4 cm³/mol. The van der Waals surface area contributed by atoms with Crippen molar-refractivity contribution in [1.29, 1.82) is 0 Å². The summed E-state index contributed by atoms with van der Waals surface area (Å²) in [4.78, 5) is 0. The minimum Gasteiger partial charge on any atom is -0.234 e. The van der Waals surface area contributed by atoms with Crippen LogP contribution in [-0.4, -0.2) is 35.8 Å². The highest BCUT2D eigenvalue weighted by Gasteiger charge is 2.40. The number of nitrogens with one attached hydrogen (secondary N) is 1. The standard InChI is InChI=1S/C6H11N4/c1-5-2-9-4-6(1)7-10(3-5)8-9/h5-7H,1-4H2. The van der Waals surface area contributed by atoms with Gasteiger partial charge in [0.05, 0.1) is 0 Å². The maximum absolute atomic E-state index is 4.32. The van der Waals surface area contributed by atoms with Crippen molar-refractivity contribution in [3.8, 4) is 0 Å². The van der Waals surface area contributed by atoms with Gasteiger partial charge < -0.3 is 0 Å². The molecular formula is C6H11N4.